The van der Waals surface area contributed by atoms with Crippen molar-refractivity contribution in [2.45, 2.75) is 59.7 Å². The number of rotatable bonds is 6. The van der Waals surface area contributed by atoms with Crippen molar-refractivity contribution in [3.8, 4) is 0 Å². The summed E-state index contributed by atoms with van der Waals surface area (Å²) in [4.78, 5) is 2.33. The van der Waals surface area contributed by atoms with Crippen LogP contribution in [0.1, 0.15) is 51.2 Å². The van der Waals surface area contributed by atoms with Gasteiger partial charge in [0.05, 0.1) is 6.54 Å². The molecule has 1 N–H and O–H groups in total. The molecule has 0 aliphatic rings. The summed E-state index contributed by atoms with van der Waals surface area (Å²) < 4.78 is 5.80. The maximum Gasteiger partial charge on any atom is 0.118 e. The summed E-state index contributed by atoms with van der Waals surface area (Å²) in [7, 11) is 2.16. The zero-order chi connectivity index (χ0) is 13.8. The Morgan fingerprint density at radius 1 is 1.33 bits per heavy atom. The predicted octanol–water partition coefficient (Wildman–Crippen LogP) is 3.32. The van der Waals surface area contributed by atoms with Crippen molar-refractivity contribution in [2.24, 2.45) is 0 Å². The Balaban J connectivity index is 2.58. The molecule has 1 rings (SSSR count). The molecule has 1 aromatic rings. The Morgan fingerprint density at radius 2 is 2.00 bits per heavy atom. The van der Waals surface area contributed by atoms with Crippen molar-refractivity contribution in [1.82, 2.24) is 10.2 Å². The molecule has 0 bridgehead atoms. The van der Waals surface area contributed by atoms with Crippen molar-refractivity contribution >= 4 is 0 Å². The Kier molecular flexibility index (Phi) is 5.42. The molecule has 3 heteroatoms. The lowest BCUT2D eigenvalue weighted by Crippen LogP contribution is -2.34. The summed E-state index contributed by atoms with van der Waals surface area (Å²) in [6.45, 7) is 13.6. The highest BCUT2D eigenvalue weighted by Gasteiger charge is 2.13. The van der Waals surface area contributed by atoms with E-state index in [2.05, 4.69) is 57.9 Å². The number of nitrogens with one attached hydrogen (secondary N) is 1. The average Bonchev–Trinajstić information content (AvgIpc) is 2.56. The molecule has 0 aromatic carbocycles. The maximum absolute atomic E-state index is 5.80. The summed E-state index contributed by atoms with van der Waals surface area (Å²) in [6, 6.07) is 2.18. The molecule has 18 heavy (non-hydrogen) atoms. The summed E-state index contributed by atoms with van der Waals surface area (Å²) in [5.41, 5.74) is 1.43. The van der Waals surface area contributed by atoms with Gasteiger partial charge in [-0.1, -0.05) is 6.92 Å². The van der Waals surface area contributed by atoms with E-state index in [0.717, 1.165) is 31.2 Å². The third-order valence-corrected chi connectivity index (χ3v) is 2.91. The highest BCUT2D eigenvalue weighted by atomic mass is 16.3. The molecule has 0 unspecified atom stereocenters. The van der Waals surface area contributed by atoms with E-state index in [-0.39, 0.29) is 5.54 Å². The lowest BCUT2D eigenvalue weighted by Gasteiger charge is -2.19. The van der Waals surface area contributed by atoms with Crippen molar-refractivity contribution < 1.29 is 4.42 Å². The number of nitrogens with zero attached hydrogens (tertiary/aromatic N) is 1. The van der Waals surface area contributed by atoms with Crippen LogP contribution in [0.5, 0.6) is 0 Å². The first-order valence-corrected chi connectivity index (χ1v) is 6.83. The summed E-state index contributed by atoms with van der Waals surface area (Å²) in [5, 5.41) is 3.45. The van der Waals surface area contributed by atoms with Gasteiger partial charge in [0, 0.05) is 17.6 Å². The van der Waals surface area contributed by atoms with Crippen LogP contribution >= 0.6 is 0 Å². The molecule has 0 spiro atoms. The van der Waals surface area contributed by atoms with Gasteiger partial charge in [-0.05, 0) is 53.8 Å². The molecule has 0 saturated heterocycles. The minimum absolute atomic E-state index is 0.125. The molecule has 0 aliphatic heterocycles. The fourth-order valence-corrected chi connectivity index (χ4v) is 1.94. The smallest absolute Gasteiger partial charge is 0.118 e. The lowest BCUT2D eigenvalue weighted by atomic mass is 10.1. The van der Waals surface area contributed by atoms with Gasteiger partial charge in [-0.15, -0.1) is 0 Å². The minimum Gasteiger partial charge on any atom is -0.465 e. The fraction of sp³-hybridized carbons (Fsp3) is 0.733. The molecular weight excluding hydrogens is 224 g/mol. The zero-order valence-electron chi connectivity index (χ0n) is 12.8. The molecule has 0 aliphatic carbocycles. The van der Waals surface area contributed by atoms with E-state index >= 15 is 0 Å². The third-order valence-electron chi connectivity index (χ3n) is 2.91. The van der Waals surface area contributed by atoms with Gasteiger partial charge < -0.3 is 14.6 Å². The Morgan fingerprint density at radius 3 is 2.56 bits per heavy atom. The van der Waals surface area contributed by atoms with Crippen LogP contribution in [0.4, 0.5) is 0 Å². The van der Waals surface area contributed by atoms with Crippen molar-refractivity contribution in [3.05, 3.63) is 23.2 Å². The first-order chi connectivity index (χ1) is 8.31. The molecule has 0 atom stereocenters. The second kappa shape index (κ2) is 6.39. The molecule has 104 valence electrons. The van der Waals surface area contributed by atoms with Crippen LogP contribution in [0.25, 0.3) is 0 Å². The van der Waals surface area contributed by atoms with Crippen molar-refractivity contribution in [1.29, 1.82) is 0 Å². The van der Waals surface area contributed by atoms with Gasteiger partial charge in [0.25, 0.3) is 0 Å². The normalized spacial score (nSPS) is 12.4. The van der Waals surface area contributed by atoms with E-state index < -0.39 is 0 Å². The molecule has 1 aromatic heterocycles. The van der Waals surface area contributed by atoms with Gasteiger partial charge in [-0.2, -0.15) is 0 Å². The second-order valence-electron chi connectivity index (χ2n) is 6.14. The Hall–Kier alpha value is -0.800. The fourth-order valence-electron chi connectivity index (χ4n) is 1.94. The van der Waals surface area contributed by atoms with Gasteiger partial charge in [0.15, 0.2) is 0 Å². The van der Waals surface area contributed by atoms with Gasteiger partial charge in [0.1, 0.15) is 11.5 Å². The lowest BCUT2D eigenvalue weighted by molar-refractivity contribution is 0.324. The first kappa shape index (κ1) is 15.3. The van der Waals surface area contributed by atoms with Gasteiger partial charge in [-0.25, -0.2) is 0 Å². The largest absolute Gasteiger partial charge is 0.465 e. The number of hydrogen-bond donors (Lipinski definition) is 1. The molecule has 1 heterocycles. The molecular formula is C15H28N2O. The molecule has 0 radical (unpaired) electrons. The van der Waals surface area contributed by atoms with Crippen LogP contribution < -0.4 is 5.32 Å². The Labute approximate surface area is 112 Å². The summed E-state index contributed by atoms with van der Waals surface area (Å²) in [5.74, 6) is 2.07. The van der Waals surface area contributed by atoms with E-state index in [0.29, 0.717) is 0 Å². The summed E-state index contributed by atoms with van der Waals surface area (Å²) in [6.07, 6.45) is 1.19. The van der Waals surface area contributed by atoms with Crippen molar-refractivity contribution in [3.63, 3.8) is 0 Å². The molecule has 0 saturated carbocycles. The first-order valence-electron chi connectivity index (χ1n) is 6.83. The molecule has 0 fully saturated rings. The van der Waals surface area contributed by atoms with Crippen LogP contribution in [-0.4, -0.2) is 24.0 Å². The standard InChI is InChI=1S/C15H28N2O/c1-7-8-17(6)11-13-9-14(18-12(13)2)10-16-15(3,4)5/h9,16H,7-8,10-11H2,1-6H3. The van der Waals surface area contributed by atoms with Gasteiger partial charge >= 0.3 is 0 Å². The van der Waals surface area contributed by atoms with Gasteiger partial charge in [-0.3, -0.25) is 0 Å². The number of hydrogen-bond acceptors (Lipinski definition) is 3. The Bertz CT molecular complexity index is 363. The zero-order valence-corrected chi connectivity index (χ0v) is 12.8. The van der Waals surface area contributed by atoms with E-state index in [1.54, 1.807) is 0 Å². The van der Waals surface area contributed by atoms with Crippen LogP contribution in [0.3, 0.4) is 0 Å². The number of aryl methyl sites for hydroxylation is 1. The van der Waals surface area contributed by atoms with E-state index in [4.69, 9.17) is 4.42 Å². The highest BCUT2D eigenvalue weighted by Crippen LogP contribution is 2.17. The second-order valence-corrected chi connectivity index (χ2v) is 6.14. The van der Waals surface area contributed by atoms with Crippen LogP contribution in [0, 0.1) is 6.92 Å². The highest BCUT2D eigenvalue weighted by molar-refractivity contribution is 5.20. The topological polar surface area (TPSA) is 28.4 Å². The van der Waals surface area contributed by atoms with E-state index in [9.17, 15) is 0 Å². The van der Waals surface area contributed by atoms with Crippen LogP contribution in [0.2, 0.25) is 0 Å². The monoisotopic (exact) mass is 252 g/mol. The summed E-state index contributed by atoms with van der Waals surface area (Å²) >= 11 is 0. The molecule has 0 amide bonds. The maximum atomic E-state index is 5.80. The number of furan rings is 1. The average molecular weight is 252 g/mol. The van der Waals surface area contributed by atoms with Crippen molar-refractivity contribution in [2.75, 3.05) is 13.6 Å². The quantitative estimate of drug-likeness (QED) is 0.842. The van der Waals surface area contributed by atoms with E-state index in [1.165, 1.54) is 12.0 Å². The van der Waals surface area contributed by atoms with E-state index in [1.807, 2.05) is 0 Å². The SMILES string of the molecule is CCCN(C)Cc1cc(CNC(C)(C)C)oc1C. The molecule has 3 nitrogen and oxygen atoms in total. The van der Waals surface area contributed by atoms with Crippen LogP contribution in [-0.2, 0) is 13.1 Å². The predicted molar refractivity (Wildman–Crippen MR) is 76.7 cm³/mol. The van der Waals surface area contributed by atoms with Gasteiger partial charge in [0.2, 0.25) is 0 Å². The third kappa shape index (κ3) is 5.23. The minimum atomic E-state index is 0.125. The van der Waals surface area contributed by atoms with Crippen LogP contribution in [0.15, 0.2) is 10.5 Å².